The Labute approximate surface area is 120 Å². The van der Waals surface area contributed by atoms with Gasteiger partial charge in [0.25, 0.3) is 0 Å². The fraction of sp³-hybridized carbons (Fsp3) is 0.357. The van der Waals surface area contributed by atoms with Crippen LogP contribution in [0.2, 0.25) is 0 Å². The number of imidazole rings is 1. The molecule has 0 aromatic carbocycles. The second kappa shape index (κ2) is 4.86. The summed E-state index contributed by atoms with van der Waals surface area (Å²) in [5.41, 5.74) is 2.09. The van der Waals surface area contributed by atoms with Crippen molar-refractivity contribution >= 4 is 27.4 Å². The monoisotopic (exact) mass is 285 g/mol. The highest BCUT2D eigenvalue weighted by Crippen LogP contribution is 2.25. The van der Waals surface area contributed by atoms with Crippen LogP contribution in [0.25, 0.3) is 10.2 Å². The zero-order chi connectivity index (χ0) is 13.4. The van der Waals surface area contributed by atoms with Crippen LogP contribution < -0.4 is 5.32 Å². The Morgan fingerprint density at radius 2 is 2.30 bits per heavy atom. The summed E-state index contributed by atoms with van der Waals surface area (Å²) in [7, 11) is 0. The molecule has 1 aliphatic rings. The van der Waals surface area contributed by atoms with Crippen molar-refractivity contribution in [1.29, 1.82) is 0 Å². The maximum absolute atomic E-state index is 4.69. The molecule has 0 saturated carbocycles. The van der Waals surface area contributed by atoms with E-state index in [1.807, 2.05) is 11.4 Å². The Bertz CT molecular complexity index is 721. The summed E-state index contributed by atoms with van der Waals surface area (Å²) in [6.45, 7) is 1.81. The Morgan fingerprint density at radius 1 is 1.30 bits per heavy atom. The molecule has 6 heteroatoms. The van der Waals surface area contributed by atoms with Crippen molar-refractivity contribution in [2.24, 2.45) is 0 Å². The van der Waals surface area contributed by atoms with Crippen molar-refractivity contribution in [3.8, 4) is 0 Å². The summed E-state index contributed by atoms with van der Waals surface area (Å²) in [4.78, 5) is 13.3. The van der Waals surface area contributed by atoms with Crippen LogP contribution in [-0.2, 0) is 19.5 Å². The first-order valence-electron chi connectivity index (χ1n) is 6.87. The minimum Gasteiger partial charge on any atom is -0.363 e. The van der Waals surface area contributed by atoms with E-state index in [4.69, 9.17) is 4.98 Å². The van der Waals surface area contributed by atoms with Crippen LogP contribution in [-0.4, -0.2) is 19.5 Å². The quantitative estimate of drug-likeness (QED) is 0.804. The van der Waals surface area contributed by atoms with Gasteiger partial charge in [-0.15, -0.1) is 11.3 Å². The molecule has 1 N–H and O–H groups in total. The highest BCUT2D eigenvalue weighted by atomic mass is 32.1. The lowest BCUT2D eigenvalue weighted by Gasteiger charge is -2.11. The molecule has 0 fully saturated rings. The van der Waals surface area contributed by atoms with Crippen molar-refractivity contribution in [1.82, 2.24) is 19.5 Å². The lowest BCUT2D eigenvalue weighted by atomic mass is 10.2. The third kappa shape index (κ3) is 2.06. The second-order valence-electron chi connectivity index (χ2n) is 5.01. The van der Waals surface area contributed by atoms with Gasteiger partial charge in [0.05, 0.1) is 22.5 Å². The minimum atomic E-state index is 0.712. The van der Waals surface area contributed by atoms with E-state index >= 15 is 0 Å². The number of aryl methyl sites for hydroxylation is 2. The third-order valence-corrected chi connectivity index (χ3v) is 4.55. The molecule has 0 aliphatic carbocycles. The van der Waals surface area contributed by atoms with Crippen LogP contribution in [0, 0.1) is 0 Å². The molecule has 0 spiro atoms. The van der Waals surface area contributed by atoms with Gasteiger partial charge < -0.3 is 9.88 Å². The van der Waals surface area contributed by atoms with Crippen LogP contribution in [0.3, 0.4) is 0 Å². The van der Waals surface area contributed by atoms with E-state index in [1.165, 1.54) is 18.7 Å². The number of aromatic nitrogens is 4. The summed E-state index contributed by atoms with van der Waals surface area (Å²) >= 11 is 1.66. The van der Waals surface area contributed by atoms with E-state index in [0.29, 0.717) is 6.54 Å². The first-order valence-corrected chi connectivity index (χ1v) is 7.75. The van der Waals surface area contributed by atoms with Crippen LogP contribution in [0.1, 0.15) is 24.4 Å². The number of anilines is 1. The van der Waals surface area contributed by atoms with Crippen molar-refractivity contribution in [3.63, 3.8) is 0 Å². The first kappa shape index (κ1) is 11.8. The van der Waals surface area contributed by atoms with E-state index in [9.17, 15) is 0 Å². The van der Waals surface area contributed by atoms with Gasteiger partial charge in [0.1, 0.15) is 18.0 Å². The standard InChI is InChI=1S/C14H15N5S/c1-2-5-19-8-10(18-12(19)3-1)7-15-14-13-11(4-6-20-13)16-9-17-14/h4,6,8-9H,1-3,5,7H2,(H,15,16,17). The number of hydrogen-bond acceptors (Lipinski definition) is 5. The topological polar surface area (TPSA) is 55.6 Å². The predicted octanol–water partition coefficient (Wildman–Crippen LogP) is 2.84. The van der Waals surface area contributed by atoms with Crippen molar-refractivity contribution < 1.29 is 0 Å². The number of fused-ring (bicyclic) bond motifs is 2. The van der Waals surface area contributed by atoms with Crippen LogP contribution in [0.5, 0.6) is 0 Å². The minimum absolute atomic E-state index is 0.712. The Kier molecular flexibility index (Phi) is 2.88. The predicted molar refractivity (Wildman–Crippen MR) is 79.9 cm³/mol. The molecule has 1 aliphatic heterocycles. The van der Waals surface area contributed by atoms with Gasteiger partial charge in [0.15, 0.2) is 0 Å². The molecule has 4 rings (SSSR count). The maximum Gasteiger partial charge on any atom is 0.147 e. The number of rotatable bonds is 3. The molecule has 0 atom stereocenters. The molecular weight excluding hydrogens is 270 g/mol. The molecule has 102 valence electrons. The van der Waals surface area contributed by atoms with Gasteiger partial charge in [0.2, 0.25) is 0 Å². The number of hydrogen-bond donors (Lipinski definition) is 1. The van der Waals surface area contributed by atoms with Gasteiger partial charge in [-0.05, 0) is 24.3 Å². The average Bonchev–Trinajstić information content (AvgIpc) is 3.11. The largest absolute Gasteiger partial charge is 0.363 e. The fourth-order valence-electron chi connectivity index (χ4n) is 2.65. The zero-order valence-corrected chi connectivity index (χ0v) is 11.9. The Balaban J connectivity index is 1.55. The lowest BCUT2D eigenvalue weighted by Crippen LogP contribution is -2.08. The first-order chi connectivity index (χ1) is 9.90. The Hall–Kier alpha value is -1.95. The van der Waals surface area contributed by atoms with Crippen LogP contribution in [0.4, 0.5) is 5.82 Å². The van der Waals surface area contributed by atoms with Crippen molar-refractivity contribution in [2.75, 3.05) is 5.32 Å². The van der Waals surface area contributed by atoms with E-state index in [2.05, 4.69) is 26.0 Å². The molecule has 5 nitrogen and oxygen atoms in total. The van der Waals surface area contributed by atoms with Gasteiger partial charge in [-0.1, -0.05) is 0 Å². The zero-order valence-electron chi connectivity index (χ0n) is 11.0. The summed E-state index contributed by atoms with van der Waals surface area (Å²) in [5.74, 6) is 2.12. The van der Waals surface area contributed by atoms with Gasteiger partial charge >= 0.3 is 0 Å². The molecule has 0 radical (unpaired) electrons. The summed E-state index contributed by atoms with van der Waals surface area (Å²) in [6.07, 6.45) is 7.39. The summed E-state index contributed by atoms with van der Waals surface area (Å²) in [6, 6.07) is 2.02. The fourth-order valence-corrected chi connectivity index (χ4v) is 3.46. The summed E-state index contributed by atoms with van der Waals surface area (Å²) in [5, 5.41) is 5.42. The number of nitrogens with zero attached hydrogens (tertiary/aromatic N) is 4. The number of nitrogens with one attached hydrogen (secondary N) is 1. The maximum atomic E-state index is 4.69. The highest BCUT2D eigenvalue weighted by molar-refractivity contribution is 7.17. The molecule has 0 amide bonds. The van der Waals surface area contributed by atoms with E-state index in [1.54, 1.807) is 17.7 Å². The summed E-state index contributed by atoms with van der Waals surface area (Å²) < 4.78 is 3.39. The van der Waals surface area contributed by atoms with Gasteiger partial charge in [0, 0.05) is 19.2 Å². The van der Waals surface area contributed by atoms with E-state index < -0.39 is 0 Å². The van der Waals surface area contributed by atoms with Crippen LogP contribution in [0.15, 0.2) is 24.0 Å². The second-order valence-corrected chi connectivity index (χ2v) is 5.93. The van der Waals surface area contributed by atoms with Crippen molar-refractivity contribution in [2.45, 2.75) is 32.4 Å². The molecule has 3 aromatic rings. The molecule has 4 heterocycles. The smallest absolute Gasteiger partial charge is 0.147 e. The molecule has 0 saturated heterocycles. The Morgan fingerprint density at radius 3 is 3.25 bits per heavy atom. The lowest BCUT2D eigenvalue weighted by molar-refractivity contribution is 0.522. The van der Waals surface area contributed by atoms with Gasteiger partial charge in [-0.25, -0.2) is 15.0 Å². The van der Waals surface area contributed by atoms with Crippen LogP contribution >= 0.6 is 11.3 Å². The third-order valence-electron chi connectivity index (χ3n) is 3.64. The highest BCUT2D eigenvalue weighted by Gasteiger charge is 2.12. The van der Waals surface area contributed by atoms with E-state index in [0.717, 1.165) is 34.7 Å². The average molecular weight is 285 g/mol. The van der Waals surface area contributed by atoms with Gasteiger partial charge in [-0.2, -0.15) is 0 Å². The molecule has 3 aromatic heterocycles. The molecule has 0 unspecified atom stereocenters. The van der Waals surface area contributed by atoms with Gasteiger partial charge in [-0.3, -0.25) is 0 Å². The SMILES string of the molecule is c1nc(NCc2cn3c(n2)CCCC3)c2sccc2n1. The molecule has 0 bridgehead atoms. The normalized spacial score (nSPS) is 14.4. The molecular formula is C14H15N5S. The number of thiophene rings is 1. The van der Waals surface area contributed by atoms with E-state index in [-0.39, 0.29) is 0 Å². The molecule has 20 heavy (non-hydrogen) atoms. The van der Waals surface area contributed by atoms with Crippen molar-refractivity contribution in [3.05, 3.63) is 35.5 Å².